The van der Waals surface area contributed by atoms with Crippen LogP contribution in [0, 0.1) is 13.8 Å². The third-order valence-corrected chi connectivity index (χ3v) is 5.14. The SMILES string of the molecule is COc1ccc(-c2nc(CC(=O)NCCCn3nc(C)cc3C)cs2)cc1. The van der Waals surface area contributed by atoms with Gasteiger partial charge in [-0.2, -0.15) is 5.10 Å². The largest absolute Gasteiger partial charge is 0.497 e. The average molecular weight is 385 g/mol. The minimum absolute atomic E-state index is 0.00468. The van der Waals surface area contributed by atoms with E-state index in [0.29, 0.717) is 13.0 Å². The molecule has 0 spiro atoms. The summed E-state index contributed by atoms with van der Waals surface area (Å²) in [5, 5.41) is 10.2. The Hall–Kier alpha value is -2.67. The first-order valence-corrected chi connectivity index (χ1v) is 9.79. The molecule has 1 amide bonds. The molecule has 0 fully saturated rings. The lowest BCUT2D eigenvalue weighted by atomic mass is 10.2. The Bertz CT molecular complexity index is 899. The number of thiazole rings is 1. The summed E-state index contributed by atoms with van der Waals surface area (Å²) in [7, 11) is 1.65. The van der Waals surface area contributed by atoms with Gasteiger partial charge < -0.3 is 10.1 Å². The number of aryl methyl sites for hydroxylation is 3. The van der Waals surface area contributed by atoms with Gasteiger partial charge in [-0.05, 0) is 50.6 Å². The fourth-order valence-electron chi connectivity index (χ4n) is 2.84. The molecule has 2 aromatic heterocycles. The van der Waals surface area contributed by atoms with Crippen LogP contribution in [0.4, 0.5) is 0 Å². The summed E-state index contributed by atoms with van der Waals surface area (Å²) in [5.74, 6) is 0.810. The van der Waals surface area contributed by atoms with Crippen molar-refractivity contribution in [2.45, 2.75) is 33.2 Å². The summed E-state index contributed by atoms with van der Waals surface area (Å²) >= 11 is 1.54. The Morgan fingerprint density at radius 1 is 1.26 bits per heavy atom. The average Bonchev–Trinajstić information content (AvgIpc) is 3.25. The van der Waals surface area contributed by atoms with Crippen molar-refractivity contribution < 1.29 is 9.53 Å². The number of methoxy groups -OCH3 is 1. The molecule has 0 aliphatic carbocycles. The van der Waals surface area contributed by atoms with Gasteiger partial charge in [0, 0.05) is 29.7 Å². The number of hydrogen-bond donors (Lipinski definition) is 1. The second kappa shape index (κ2) is 8.81. The Balaban J connectivity index is 1.45. The van der Waals surface area contributed by atoms with E-state index in [1.165, 1.54) is 0 Å². The first-order valence-electron chi connectivity index (χ1n) is 8.92. The van der Waals surface area contributed by atoms with Gasteiger partial charge >= 0.3 is 0 Å². The maximum Gasteiger partial charge on any atom is 0.226 e. The Kier molecular flexibility index (Phi) is 6.24. The van der Waals surface area contributed by atoms with Crippen LogP contribution in [0.5, 0.6) is 5.75 Å². The van der Waals surface area contributed by atoms with Crippen LogP contribution in [0.25, 0.3) is 10.6 Å². The third-order valence-electron chi connectivity index (χ3n) is 4.20. The molecule has 0 bridgehead atoms. The van der Waals surface area contributed by atoms with Crippen LogP contribution in [-0.2, 0) is 17.8 Å². The van der Waals surface area contributed by atoms with Crippen molar-refractivity contribution in [1.29, 1.82) is 0 Å². The number of nitrogens with one attached hydrogen (secondary N) is 1. The van der Waals surface area contributed by atoms with E-state index in [1.54, 1.807) is 18.4 Å². The Labute approximate surface area is 163 Å². The third kappa shape index (κ3) is 5.17. The molecule has 0 aliphatic rings. The lowest BCUT2D eigenvalue weighted by Gasteiger charge is -2.06. The van der Waals surface area contributed by atoms with Crippen LogP contribution in [0.15, 0.2) is 35.7 Å². The Morgan fingerprint density at radius 2 is 2.04 bits per heavy atom. The monoisotopic (exact) mass is 384 g/mol. The molecule has 0 saturated carbocycles. The highest BCUT2D eigenvalue weighted by molar-refractivity contribution is 7.13. The van der Waals surface area contributed by atoms with Crippen LogP contribution >= 0.6 is 11.3 Å². The van der Waals surface area contributed by atoms with Crippen LogP contribution in [0.2, 0.25) is 0 Å². The predicted molar refractivity (Wildman–Crippen MR) is 107 cm³/mol. The van der Waals surface area contributed by atoms with E-state index >= 15 is 0 Å². The maximum atomic E-state index is 12.1. The molecular formula is C20H24N4O2S. The number of benzene rings is 1. The summed E-state index contributed by atoms with van der Waals surface area (Å²) in [6.45, 7) is 5.46. The highest BCUT2D eigenvalue weighted by atomic mass is 32.1. The molecule has 6 nitrogen and oxygen atoms in total. The predicted octanol–water partition coefficient (Wildman–Crippen LogP) is 3.38. The molecule has 1 aromatic carbocycles. The molecule has 0 radical (unpaired) electrons. The second-order valence-electron chi connectivity index (χ2n) is 6.40. The number of carbonyl (C=O) groups excluding carboxylic acids is 1. The molecule has 2 heterocycles. The fraction of sp³-hybridized carbons (Fsp3) is 0.350. The van der Waals surface area contributed by atoms with Gasteiger partial charge in [-0.15, -0.1) is 11.3 Å². The fourth-order valence-corrected chi connectivity index (χ4v) is 3.67. The summed E-state index contributed by atoms with van der Waals surface area (Å²) in [4.78, 5) is 16.7. The number of hydrogen-bond acceptors (Lipinski definition) is 5. The number of nitrogens with zero attached hydrogens (tertiary/aromatic N) is 3. The quantitative estimate of drug-likeness (QED) is 0.605. The number of carbonyl (C=O) groups is 1. The first kappa shape index (κ1) is 19.1. The van der Waals surface area contributed by atoms with Crippen LogP contribution in [-0.4, -0.2) is 34.3 Å². The highest BCUT2D eigenvalue weighted by Crippen LogP contribution is 2.25. The molecule has 0 saturated heterocycles. The summed E-state index contributed by atoms with van der Waals surface area (Å²) in [6.07, 6.45) is 1.15. The summed E-state index contributed by atoms with van der Waals surface area (Å²) < 4.78 is 7.15. The van der Waals surface area contributed by atoms with E-state index in [2.05, 4.69) is 21.5 Å². The summed E-state index contributed by atoms with van der Waals surface area (Å²) in [5.41, 5.74) is 3.99. The van der Waals surface area contributed by atoms with Gasteiger partial charge in [-0.1, -0.05) is 0 Å². The van der Waals surface area contributed by atoms with Gasteiger partial charge in [0.2, 0.25) is 5.91 Å². The molecule has 7 heteroatoms. The van der Waals surface area contributed by atoms with Crippen molar-refractivity contribution in [3.05, 3.63) is 52.8 Å². The van der Waals surface area contributed by atoms with E-state index in [4.69, 9.17) is 4.74 Å². The van der Waals surface area contributed by atoms with Crippen molar-refractivity contribution in [3.8, 4) is 16.3 Å². The van der Waals surface area contributed by atoms with E-state index < -0.39 is 0 Å². The molecular weight excluding hydrogens is 360 g/mol. The van der Waals surface area contributed by atoms with E-state index in [-0.39, 0.29) is 5.91 Å². The molecule has 3 rings (SSSR count). The topological polar surface area (TPSA) is 69.0 Å². The van der Waals surface area contributed by atoms with Gasteiger partial charge in [-0.3, -0.25) is 9.48 Å². The van der Waals surface area contributed by atoms with E-state index in [9.17, 15) is 4.79 Å². The van der Waals surface area contributed by atoms with Crippen molar-refractivity contribution in [2.75, 3.05) is 13.7 Å². The minimum Gasteiger partial charge on any atom is -0.497 e. The Morgan fingerprint density at radius 3 is 2.70 bits per heavy atom. The van der Waals surface area contributed by atoms with Crippen molar-refractivity contribution in [2.24, 2.45) is 0 Å². The van der Waals surface area contributed by atoms with Crippen molar-refractivity contribution in [3.63, 3.8) is 0 Å². The second-order valence-corrected chi connectivity index (χ2v) is 7.26. The van der Waals surface area contributed by atoms with E-state index in [0.717, 1.165) is 46.4 Å². The van der Waals surface area contributed by atoms with Gasteiger partial charge in [0.1, 0.15) is 10.8 Å². The molecule has 0 aliphatic heterocycles. The molecule has 27 heavy (non-hydrogen) atoms. The number of amides is 1. The van der Waals surface area contributed by atoms with Gasteiger partial charge in [0.15, 0.2) is 0 Å². The van der Waals surface area contributed by atoms with Crippen molar-refractivity contribution in [1.82, 2.24) is 20.1 Å². The lowest BCUT2D eigenvalue weighted by molar-refractivity contribution is -0.120. The number of ether oxygens (including phenoxy) is 1. The zero-order valence-electron chi connectivity index (χ0n) is 15.9. The zero-order valence-corrected chi connectivity index (χ0v) is 16.7. The highest BCUT2D eigenvalue weighted by Gasteiger charge is 2.09. The standard InChI is InChI=1S/C20H24N4O2S/c1-14-11-15(2)24(23-14)10-4-9-21-19(25)12-17-13-27-20(22-17)16-5-7-18(26-3)8-6-16/h5-8,11,13H,4,9-10,12H2,1-3H3,(H,21,25). The molecule has 3 aromatic rings. The van der Waals surface area contributed by atoms with Gasteiger partial charge in [0.05, 0.1) is 24.9 Å². The maximum absolute atomic E-state index is 12.1. The summed E-state index contributed by atoms with van der Waals surface area (Å²) in [6, 6.07) is 9.82. The molecule has 0 unspecified atom stereocenters. The normalized spacial score (nSPS) is 10.8. The minimum atomic E-state index is -0.00468. The first-order chi connectivity index (χ1) is 13.0. The van der Waals surface area contributed by atoms with Crippen LogP contribution < -0.4 is 10.1 Å². The van der Waals surface area contributed by atoms with Gasteiger partial charge in [-0.25, -0.2) is 4.98 Å². The van der Waals surface area contributed by atoms with Gasteiger partial charge in [0.25, 0.3) is 0 Å². The lowest BCUT2D eigenvalue weighted by Crippen LogP contribution is -2.27. The van der Waals surface area contributed by atoms with Crippen LogP contribution in [0.1, 0.15) is 23.5 Å². The molecule has 1 N–H and O–H groups in total. The smallest absolute Gasteiger partial charge is 0.226 e. The molecule has 142 valence electrons. The zero-order chi connectivity index (χ0) is 19.2. The number of aromatic nitrogens is 3. The molecule has 0 atom stereocenters. The van der Waals surface area contributed by atoms with Crippen molar-refractivity contribution >= 4 is 17.2 Å². The number of rotatable bonds is 8. The van der Waals surface area contributed by atoms with E-state index in [1.807, 2.05) is 48.2 Å². The van der Waals surface area contributed by atoms with Crippen LogP contribution in [0.3, 0.4) is 0 Å².